The fraction of sp³-hybridized carbons (Fsp3) is 0.500. The monoisotopic (exact) mass is 344 g/mol. The van der Waals surface area contributed by atoms with E-state index in [1.807, 2.05) is 4.90 Å². The van der Waals surface area contributed by atoms with Gasteiger partial charge in [-0.25, -0.2) is 4.39 Å². The van der Waals surface area contributed by atoms with Crippen LogP contribution in [0.15, 0.2) is 35.9 Å². The van der Waals surface area contributed by atoms with Crippen molar-refractivity contribution in [3.05, 3.63) is 47.3 Å². The minimum atomic E-state index is -0.549. The minimum Gasteiger partial charge on any atom is -0.345 e. The largest absolute Gasteiger partial charge is 0.345 e. The highest BCUT2D eigenvalue weighted by molar-refractivity contribution is 5.90. The van der Waals surface area contributed by atoms with Gasteiger partial charge in [0.15, 0.2) is 5.78 Å². The second kappa shape index (κ2) is 7.48. The Kier molecular flexibility index (Phi) is 5.33. The Morgan fingerprint density at radius 3 is 2.64 bits per heavy atom. The van der Waals surface area contributed by atoms with Crippen LogP contribution < -0.4 is 0 Å². The third-order valence-electron chi connectivity index (χ3n) is 4.93. The van der Waals surface area contributed by atoms with Gasteiger partial charge in [-0.3, -0.25) is 14.5 Å². The zero-order valence-electron chi connectivity index (χ0n) is 14.9. The van der Waals surface area contributed by atoms with Crippen molar-refractivity contribution in [2.75, 3.05) is 27.2 Å². The summed E-state index contributed by atoms with van der Waals surface area (Å²) in [5.74, 6) is -0.206. The highest BCUT2D eigenvalue weighted by atomic mass is 19.1. The number of carbonyl (C=O) groups excluding carboxylic acids is 2. The number of ketones is 1. The van der Waals surface area contributed by atoms with E-state index in [0.717, 1.165) is 37.8 Å². The van der Waals surface area contributed by atoms with E-state index in [0.29, 0.717) is 12.1 Å². The molecule has 0 N–H and O–H groups in total. The van der Waals surface area contributed by atoms with Crippen LogP contribution >= 0.6 is 0 Å². The van der Waals surface area contributed by atoms with Crippen LogP contribution in [0, 0.1) is 11.7 Å². The average molecular weight is 344 g/mol. The Labute approximate surface area is 148 Å². The van der Waals surface area contributed by atoms with Gasteiger partial charge in [-0.15, -0.1) is 0 Å². The van der Waals surface area contributed by atoms with Gasteiger partial charge in [-0.1, -0.05) is 23.8 Å². The standard InChI is InChI=1S/C20H25FN2O2/c1-22(2)18(24)12-14-6-5-11-23(13-14)19(20(25)15-9-10-15)16-7-3-4-8-17(16)21/h3-4,7-8,12,15,19H,5-6,9-11,13H2,1-2H3. The highest BCUT2D eigenvalue weighted by Crippen LogP contribution is 2.39. The van der Waals surface area contributed by atoms with Crippen LogP contribution in [0.1, 0.15) is 37.3 Å². The SMILES string of the molecule is CN(C)C(=O)C=C1CCCN(C(C(=O)C2CC2)c2ccccc2F)C1. The molecule has 4 nitrogen and oxygen atoms in total. The number of rotatable bonds is 5. The first kappa shape index (κ1) is 17.8. The van der Waals surface area contributed by atoms with Crippen LogP contribution in [0.5, 0.6) is 0 Å². The van der Waals surface area contributed by atoms with E-state index in [2.05, 4.69) is 0 Å². The van der Waals surface area contributed by atoms with Gasteiger partial charge in [-0.2, -0.15) is 0 Å². The molecule has 0 spiro atoms. The Morgan fingerprint density at radius 2 is 2.00 bits per heavy atom. The molecule has 134 valence electrons. The molecular formula is C20H25FN2O2. The first-order valence-corrected chi connectivity index (χ1v) is 8.90. The number of benzene rings is 1. The molecule has 0 aromatic heterocycles. The minimum absolute atomic E-state index is 0.0483. The quantitative estimate of drug-likeness (QED) is 0.771. The van der Waals surface area contributed by atoms with Gasteiger partial charge < -0.3 is 4.90 Å². The summed E-state index contributed by atoms with van der Waals surface area (Å²) in [4.78, 5) is 28.4. The van der Waals surface area contributed by atoms with Gasteiger partial charge in [-0.05, 0) is 38.3 Å². The number of carbonyl (C=O) groups is 2. The zero-order valence-corrected chi connectivity index (χ0v) is 14.9. The Bertz CT molecular complexity index is 695. The Morgan fingerprint density at radius 1 is 1.28 bits per heavy atom. The van der Waals surface area contributed by atoms with E-state index in [4.69, 9.17) is 0 Å². The smallest absolute Gasteiger partial charge is 0.246 e. The fourth-order valence-electron chi connectivity index (χ4n) is 3.39. The van der Waals surface area contributed by atoms with E-state index in [9.17, 15) is 14.0 Å². The van der Waals surface area contributed by atoms with Crippen LogP contribution in [0.3, 0.4) is 0 Å². The highest BCUT2D eigenvalue weighted by Gasteiger charge is 2.40. The number of likely N-dealkylation sites (N-methyl/N-ethyl adjacent to an activating group) is 1. The summed E-state index contributed by atoms with van der Waals surface area (Å²) < 4.78 is 14.4. The Balaban J connectivity index is 1.87. The molecule has 0 radical (unpaired) electrons. The van der Waals surface area contributed by atoms with Crippen molar-refractivity contribution in [2.24, 2.45) is 5.92 Å². The van der Waals surface area contributed by atoms with Crippen LogP contribution in [-0.2, 0) is 9.59 Å². The number of amides is 1. The maximum Gasteiger partial charge on any atom is 0.246 e. The topological polar surface area (TPSA) is 40.6 Å². The molecule has 5 heteroatoms. The molecule has 1 unspecified atom stereocenters. The lowest BCUT2D eigenvalue weighted by molar-refractivity contribution is -0.126. The van der Waals surface area contributed by atoms with Crippen LogP contribution in [-0.4, -0.2) is 48.7 Å². The van der Waals surface area contributed by atoms with E-state index in [1.165, 1.54) is 11.0 Å². The molecule has 1 aromatic rings. The van der Waals surface area contributed by atoms with E-state index in [1.54, 1.807) is 38.4 Å². The fourth-order valence-corrected chi connectivity index (χ4v) is 3.39. The molecule has 1 heterocycles. The van der Waals surface area contributed by atoms with Gasteiger partial charge in [0.25, 0.3) is 0 Å². The normalized spacial score (nSPS) is 21.2. The summed E-state index contributed by atoms with van der Waals surface area (Å²) in [5.41, 5.74) is 1.47. The number of Topliss-reactive ketones (excluding diaryl/α,β-unsaturated/α-hetero) is 1. The summed E-state index contributed by atoms with van der Waals surface area (Å²) in [7, 11) is 3.44. The molecule has 1 aliphatic heterocycles. The molecule has 1 saturated carbocycles. The van der Waals surface area contributed by atoms with Crippen molar-refractivity contribution in [1.29, 1.82) is 0 Å². The lowest BCUT2D eigenvalue weighted by atomic mass is 9.94. The van der Waals surface area contributed by atoms with Gasteiger partial charge in [0.05, 0.1) is 6.04 Å². The summed E-state index contributed by atoms with van der Waals surface area (Å²) in [6.45, 7) is 1.28. The second-order valence-electron chi connectivity index (χ2n) is 7.21. The molecule has 1 saturated heterocycles. The Hall–Kier alpha value is -2.01. The molecule has 1 aliphatic carbocycles. The molecular weight excluding hydrogens is 319 g/mol. The van der Waals surface area contributed by atoms with Crippen molar-refractivity contribution in [3.8, 4) is 0 Å². The average Bonchev–Trinajstić information content (AvgIpc) is 3.42. The molecule has 1 aromatic carbocycles. The van der Waals surface area contributed by atoms with Gasteiger partial charge in [0.1, 0.15) is 5.82 Å². The van der Waals surface area contributed by atoms with Crippen molar-refractivity contribution < 1.29 is 14.0 Å². The van der Waals surface area contributed by atoms with E-state index < -0.39 is 6.04 Å². The predicted molar refractivity (Wildman–Crippen MR) is 94.5 cm³/mol. The molecule has 25 heavy (non-hydrogen) atoms. The third kappa shape index (κ3) is 4.15. The summed E-state index contributed by atoms with van der Waals surface area (Å²) in [6.07, 6.45) is 5.18. The van der Waals surface area contributed by atoms with Crippen LogP contribution in [0.2, 0.25) is 0 Å². The third-order valence-corrected chi connectivity index (χ3v) is 4.93. The number of piperidine rings is 1. The summed E-state index contributed by atoms with van der Waals surface area (Å²) in [5, 5.41) is 0. The maximum absolute atomic E-state index is 14.4. The van der Waals surface area contributed by atoms with Crippen molar-refractivity contribution in [2.45, 2.75) is 31.7 Å². The summed E-state index contributed by atoms with van der Waals surface area (Å²) >= 11 is 0. The molecule has 1 amide bonds. The first-order chi connectivity index (χ1) is 12.0. The van der Waals surface area contributed by atoms with E-state index >= 15 is 0 Å². The molecule has 1 atom stereocenters. The van der Waals surface area contributed by atoms with Crippen LogP contribution in [0.25, 0.3) is 0 Å². The van der Waals surface area contributed by atoms with Crippen molar-refractivity contribution >= 4 is 11.7 Å². The summed E-state index contributed by atoms with van der Waals surface area (Å²) in [6, 6.07) is 6.01. The van der Waals surface area contributed by atoms with E-state index in [-0.39, 0.29) is 23.4 Å². The predicted octanol–water partition coefficient (Wildman–Crippen LogP) is 2.96. The van der Waals surface area contributed by atoms with Crippen molar-refractivity contribution in [3.63, 3.8) is 0 Å². The number of hydrogen-bond donors (Lipinski definition) is 0. The number of likely N-dealkylation sites (tertiary alicyclic amines) is 1. The number of halogens is 1. The second-order valence-corrected chi connectivity index (χ2v) is 7.21. The number of hydrogen-bond acceptors (Lipinski definition) is 3. The lowest BCUT2D eigenvalue weighted by Crippen LogP contribution is -2.40. The van der Waals surface area contributed by atoms with Crippen molar-refractivity contribution in [1.82, 2.24) is 9.80 Å². The first-order valence-electron chi connectivity index (χ1n) is 8.90. The van der Waals surface area contributed by atoms with Gasteiger partial charge >= 0.3 is 0 Å². The molecule has 0 bridgehead atoms. The van der Waals surface area contributed by atoms with Gasteiger partial charge in [0.2, 0.25) is 5.91 Å². The van der Waals surface area contributed by atoms with Crippen LogP contribution in [0.4, 0.5) is 4.39 Å². The zero-order chi connectivity index (χ0) is 18.0. The molecule has 2 aliphatic rings. The lowest BCUT2D eigenvalue weighted by Gasteiger charge is -2.35. The maximum atomic E-state index is 14.4. The molecule has 3 rings (SSSR count). The number of nitrogens with zero attached hydrogens (tertiary/aromatic N) is 2. The van der Waals surface area contributed by atoms with Gasteiger partial charge in [0, 0.05) is 38.2 Å². The molecule has 2 fully saturated rings.